The fourth-order valence-corrected chi connectivity index (χ4v) is 4.60. The molecule has 42 heavy (non-hydrogen) atoms. The largest absolute Gasteiger partial charge is 0.383 e. The Labute approximate surface area is 245 Å². The molecule has 4 aromatic rings. The van der Waals surface area contributed by atoms with Crippen LogP contribution in [0.5, 0.6) is 0 Å². The predicted octanol–water partition coefficient (Wildman–Crippen LogP) is 4.51. The lowest BCUT2D eigenvalue weighted by molar-refractivity contribution is 0.443. The van der Waals surface area contributed by atoms with Gasteiger partial charge >= 0.3 is 0 Å². The van der Waals surface area contributed by atoms with Gasteiger partial charge in [0, 0.05) is 36.2 Å². The van der Waals surface area contributed by atoms with Crippen molar-refractivity contribution in [3.05, 3.63) is 101 Å². The smallest absolute Gasteiger partial charge is 0.119 e. The van der Waals surface area contributed by atoms with Crippen LogP contribution in [-0.2, 0) is 5.44 Å². The van der Waals surface area contributed by atoms with Crippen LogP contribution in [0.2, 0.25) is 0 Å². The number of hydrazine groups is 2. The molecule has 1 aliphatic heterocycles. The molecule has 1 unspecified atom stereocenters. The van der Waals surface area contributed by atoms with Crippen LogP contribution in [0.15, 0.2) is 79.0 Å². The lowest BCUT2D eigenvalue weighted by Gasteiger charge is -2.34. The quantitative estimate of drug-likeness (QED) is 0.242. The van der Waals surface area contributed by atoms with Crippen molar-refractivity contribution in [3.8, 4) is 18.2 Å². The third kappa shape index (κ3) is 5.53. The number of aromatic nitrogens is 2. The van der Waals surface area contributed by atoms with E-state index in [1.807, 2.05) is 24.3 Å². The number of pyridine rings is 2. The number of anilines is 3. The summed E-state index contributed by atoms with van der Waals surface area (Å²) >= 11 is 0. The Balaban J connectivity index is 1.66. The summed E-state index contributed by atoms with van der Waals surface area (Å²) in [7, 11) is 7.17. The molecule has 1 aliphatic rings. The molecule has 2 aromatic heterocycles. The summed E-state index contributed by atoms with van der Waals surface area (Å²) in [5, 5.41) is 38.7. The molecule has 0 saturated heterocycles. The molecule has 10 nitrogen and oxygen atoms in total. The van der Waals surface area contributed by atoms with Gasteiger partial charge in [0.1, 0.15) is 20.0 Å². The molecule has 2 aromatic carbocycles. The number of nitrogens with one attached hydrogen (secondary N) is 4. The third-order valence-electron chi connectivity index (χ3n) is 6.71. The Hall–Kier alpha value is -5.57. The highest BCUT2D eigenvalue weighted by molar-refractivity contribution is 6.19. The molecular formula is C31H27BN10. The van der Waals surface area contributed by atoms with Crippen molar-refractivity contribution >= 4 is 35.8 Å². The van der Waals surface area contributed by atoms with E-state index >= 15 is 0 Å². The molecule has 3 heterocycles. The van der Waals surface area contributed by atoms with Gasteiger partial charge in [-0.05, 0) is 47.4 Å². The Bertz CT molecular complexity index is 1810. The maximum absolute atomic E-state index is 10.1. The normalized spacial score (nSPS) is 14.1. The first-order valence-corrected chi connectivity index (χ1v) is 13.2. The van der Waals surface area contributed by atoms with Crippen molar-refractivity contribution < 1.29 is 0 Å². The minimum Gasteiger partial charge on any atom is -0.383 e. The van der Waals surface area contributed by atoms with E-state index in [-0.39, 0.29) is 5.41 Å². The van der Waals surface area contributed by atoms with Crippen molar-refractivity contribution in [2.24, 2.45) is 5.41 Å². The van der Waals surface area contributed by atoms with E-state index in [2.05, 4.69) is 70.5 Å². The van der Waals surface area contributed by atoms with E-state index in [1.54, 1.807) is 47.9 Å². The maximum atomic E-state index is 10.1. The van der Waals surface area contributed by atoms with Crippen LogP contribution in [-0.4, -0.2) is 24.4 Å². The van der Waals surface area contributed by atoms with Crippen LogP contribution < -0.4 is 26.6 Å². The minimum absolute atomic E-state index is 0.0673. The zero-order valence-corrected chi connectivity index (χ0v) is 23.4. The van der Waals surface area contributed by atoms with Gasteiger partial charge in [-0.1, -0.05) is 32.9 Å². The van der Waals surface area contributed by atoms with Crippen LogP contribution in [0.25, 0.3) is 10.9 Å². The second-order valence-electron chi connectivity index (χ2n) is 11.1. The van der Waals surface area contributed by atoms with Crippen LogP contribution >= 0.6 is 0 Å². The summed E-state index contributed by atoms with van der Waals surface area (Å²) in [6.07, 6.45) is 6.66. The topological polar surface area (TPSA) is 149 Å². The van der Waals surface area contributed by atoms with Gasteiger partial charge in [-0.15, -0.1) is 5.53 Å². The first kappa shape index (κ1) is 28.0. The monoisotopic (exact) mass is 550 g/mol. The Kier molecular flexibility index (Phi) is 7.42. The third-order valence-corrected chi connectivity index (χ3v) is 6.71. The summed E-state index contributed by atoms with van der Waals surface area (Å²) in [4.78, 5) is 8.62. The van der Waals surface area contributed by atoms with Gasteiger partial charge in [0.25, 0.3) is 0 Å². The lowest BCUT2D eigenvalue weighted by Crippen LogP contribution is -2.45. The summed E-state index contributed by atoms with van der Waals surface area (Å²) < 4.78 is 0. The number of nitriles is 3. The molecule has 0 fully saturated rings. The van der Waals surface area contributed by atoms with Gasteiger partial charge in [0.05, 0.1) is 57.0 Å². The van der Waals surface area contributed by atoms with Crippen LogP contribution in [0, 0.1) is 39.4 Å². The van der Waals surface area contributed by atoms with Crippen molar-refractivity contribution in [2.75, 3.05) is 22.2 Å². The Morgan fingerprint density at radius 3 is 2.48 bits per heavy atom. The van der Waals surface area contributed by atoms with E-state index in [0.717, 1.165) is 5.69 Å². The molecule has 0 saturated carbocycles. The fraction of sp³-hybridized carbons (Fsp3) is 0.194. The molecule has 0 aliphatic carbocycles. The SMILES string of the molecule is [B]C(Nc1cc(C#N)c2ncc(C#N)c(NCC(C)(C)C)c2c1)(C1=CN(c2cccnc2)NN1)c1cccc(C#N)c1. The zero-order chi connectivity index (χ0) is 29.9. The number of fused-ring (bicyclic) bond motifs is 1. The van der Waals surface area contributed by atoms with Gasteiger partial charge in [0.15, 0.2) is 0 Å². The molecule has 0 spiro atoms. The summed E-state index contributed by atoms with van der Waals surface area (Å²) in [6, 6.07) is 20.8. The van der Waals surface area contributed by atoms with Gasteiger partial charge in [-0.3, -0.25) is 15.0 Å². The predicted molar refractivity (Wildman–Crippen MR) is 162 cm³/mol. The van der Waals surface area contributed by atoms with Gasteiger partial charge < -0.3 is 16.1 Å². The summed E-state index contributed by atoms with van der Waals surface area (Å²) in [5.41, 5.74) is 9.36. The highest BCUT2D eigenvalue weighted by Gasteiger charge is 2.35. The molecular weight excluding hydrogens is 523 g/mol. The first-order valence-electron chi connectivity index (χ1n) is 13.2. The number of benzene rings is 2. The van der Waals surface area contributed by atoms with Crippen molar-refractivity contribution in [3.63, 3.8) is 0 Å². The van der Waals surface area contributed by atoms with Gasteiger partial charge in [0.2, 0.25) is 0 Å². The van der Waals surface area contributed by atoms with Crippen molar-refractivity contribution in [2.45, 2.75) is 26.2 Å². The fourth-order valence-electron chi connectivity index (χ4n) is 4.60. The average molecular weight is 550 g/mol. The van der Waals surface area contributed by atoms with Crippen molar-refractivity contribution in [1.82, 2.24) is 20.9 Å². The van der Waals surface area contributed by atoms with Crippen LogP contribution in [0.3, 0.4) is 0 Å². The van der Waals surface area contributed by atoms with Crippen molar-refractivity contribution in [1.29, 1.82) is 15.8 Å². The highest BCUT2D eigenvalue weighted by atomic mass is 15.7. The molecule has 4 N–H and O–H groups in total. The zero-order valence-electron chi connectivity index (χ0n) is 23.4. The lowest BCUT2D eigenvalue weighted by atomic mass is 9.69. The molecule has 1 atom stereocenters. The maximum Gasteiger partial charge on any atom is 0.119 e. The molecule has 0 bridgehead atoms. The molecule has 5 rings (SSSR count). The van der Waals surface area contributed by atoms with Crippen LogP contribution in [0.4, 0.5) is 17.1 Å². The number of hydrogen-bond donors (Lipinski definition) is 4. The first-order chi connectivity index (χ1) is 20.1. The van der Waals surface area contributed by atoms with E-state index in [9.17, 15) is 15.8 Å². The standard InChI is InChI=1S/C31H27BN10/c1-30(2,3)19-38-29-22(15-35)16-37-28-21(14-34)11-24(12-26(28)29)39-31(32,23-7-4-6-20(10-23)13-33)27-18-42(41-40-27)25-8-5-9-36-17-25/h4-12,16-18,39-41H,19H2,1-3H3,(H,37,38). The van der Waals surface area contributed by atoms with E-state index in [0.29, 0.717) is 56.8 Å². The Morgan fingerprint density at radius 1 is 0.976 bits per heavy atom. The number of hydrogen-bond acceptors (Lipinski definition) is 10. The van der Waals surface area contributed by atoms with E-state index in [4.69, 9.17) is 7.85 Å². The molecule has 204 valence electrons. The van der Waals surface area contributed by atoms with Gasteiger partial charge in [-0.2, -0.15) is 15.8 Å². The Morgan fingerprint density at radius 2 is 1.79 bits per heavy atom. The second kappa shape index (κ2) is 11.1. The summed E-state index contributed by atoms with van der Waals surface area (Å²) in [6.45, 7) is 6.86. The minimum atomic E-state index is -1.39. The second-order valence-corrected chi connectivity index (χ2v) is 11.1. The van der Waals surface area contributed by atoms with E-state index in [1.165, 1.54) is 6.20 Å². The highest BCUT2D eigenvalue weighted by Crippen LogP contribution is 2.36. The molecule has 2 radical (unpaired) electrons. The average Bonchev–Trinajstić information content (AvgIpc) is 3.50. The summed E-state index contributed by atoms with van der Waals surface area (Å²) in [5.74, 6) is 0. The number of rotatable bonds is 7. The molecule has 0 amide bonds. The van der Waals surface area contributed by atoms with Crippen LogP contribution in [0.1, 0.15) is 43.0 Å². The number of nitrogens with zero attached hydrogens (tertiary/aromatic N) is 6. The molecule has 11 heteroatoms. The van der Waals surface area contributed by atoms with E-state index < -0.39 is 5.44 Å². The van der Waals surface area contributed by atoms with Gasteiger partial charge in [-0.25, -0.2) is 0 Å².